The first-order valence-corrected chi connectivity index (χ1v) is 8.27. The molecule has 1 N–H and O–H groups in total. The minimum atomic E-state index is -4.40. The maximum Gasteiger partial charge on any atom is 0.416 e. The van der Waals surface area contributed by atoms with Crippen molar-refractivity contribution in [1.29, 1.82) is 0 Å². The van der Waals surface area contributed by atoms with Gasteiger partial charge in [0.25, 0.3) is 5.91 Å². The molecule has 0 unspecified atom stereocenters. The Kier molecular flexibility index (Phi) is 4.99. The summed E-state index contributed by atoms with van der Waals surface area (Å²) in [5.74, 6) is -0.378. The lowest BCUT2D eigenvalue weighted by atomic mass is 10.0. The third kappa shape index (κ3) is 4.16. The van der Waals surface area contributed by atoms with E-state index in [0.717, 1.165) is 34.5 Å². The number of anilines is 1. The molecule has 1 heterocycles. The first kappa shape index (κ1) is 18.6. The Morgan fingerprint density at radius 2 is 1.67 bits per heavy atom. The van der Waals surface area contributed by atoms with E-state index in [1.54, 1.807) is 12.3 Å². The van der Waals surface area contributed by atoms with E-state index in [-0.39, 0.29) is 5.91 Å². The van der Waals surface area contributed by atoms with Gasteiger partial charge < -0.3 is 5.32 Å². The first-order valence-electron chi connectivity index (χ1n) is 8.27. The van der Waals surface area contributed by atoms with Crippen LogP contribution >= 0.6 is 0 Å². The number of aryl methyl sites for hydroxylation is 2. The third-order valence-corrected chi connectivity index (χ3v) is 4.22. The standard InChI is InChI=1S/C21H17F3N2O/c1-13-4-3-11-25-19(13)15-5-10-18(14(2)12-15)20(27)26-17-8-6-16(7-9-17)21(22,23)24/h3-12H,1-2H3,(H,26,27). The number of nitrogens with zero attached hydrogens (tertiary/aromatic N) is 1. The lowest BCUT2D eigenvalue weighted by Crippen LogP contribution is -2.14. The summed E-state index contributed by atoms with van der Waals surface area (Å²) in [5, 5.41) is 2.63. The summed E-state index contributed by atoms with van der Waals surface area (Å²) in [5.41, 5.74) is 3.52. The molecular formula is C21H17F3N2O. The van der Waals surface area contributed by atoms with E-state index in [4.69, 9.17) is 0 Å². The van der Waals surface area contributed by atoms with Crippen LogP contribution in [0.2, 0.25) is 0 Å². The Morgan fingerprint density at radius 3 is 2.26 bits per heavy atom. The average Bonchev–Trinajstić information content (AvgIpc) is 2.61. The van der Waals surface area contributed by atoms with Gasteiger partial charge in [0.15, 0.2) is 0 Å². The average molecular weight is 370 g/mol. The van der Waals surface area contributed by atoms with Crippen LogP contribution in [0.15, 0.2) is 60.8 Å². The van der Waals surface area contributed by atoms with Crippen molar-refractivity contribution in [1.82, 2.24) is 4.98 Å². The van der Waals surface area contributed by atoms with Crippen LogP contribution in [0.3, 0.4) is 0 Å². The summed E-state index contributed by atoms with van der Waals surface area (Å²) in [6.07, 6.45) is -2.69. The van der Waals surface area contributed by atoms with E-state index in [1.165, 1.54) is 12.1 Å². The van der Waals surface area contributed by atoms with Gasteiger partial charge in [0.1, 0.15) is 0 Å². The van der Waals surface area contributed by atoms with Gasteiger partial charge in [0.2, 0.25) is 0 Å². The molecule has 0 saturated carbocycles. The van der Waals surface area contributed by atoms with E-state index in [0.29, 0.717) is 11.3 Å². The van der Waals surface area contributed by atoms with E-state index >= 15 is 0 Å². The summed E-state index contributed by atoms with van der Waals surface area (Å²) in [4.78, 5) is 16.9. The van der Waals surface area contributed by atoms with Crippen LogP contribution in [-0.2, 0) is 6.18 Å². The number of nitrogens with one attached hydrogen (secondary N) is 1. The maximum atomic E-state index is 12.6. The predicted octanol–water partition coefficient (Wildman–Crippen LogP) is 5.64. The molecule has 0 saturated heterocycles. The third-order valence-electron chi connectivity index (χ3n) is 4.22. The number of amides is 1. The summed E-state index contributed by atoms with van der Waals surface area (Å²) in [6, 6.07) is 13.5. The fourth-order valence-corrected chi connectivity index (χ4v) is 2.79. The minimum absolute atomic E-state index is 0.303. The SMILES string of the molecule is Cc1cc(-c2ncccc2C)ccc1C(=O)Nc1ccc(C(F)(F)F)cc1. The molecule has 2 aromatic carbocycles. The second kappa shape index (κ2) is 7.23. The van der Waals surface area contributed by atoms with Crippen LogP contribution in [-0.4, -0.2) is 10.9 Å². The highest BCUT2D eigenvalue weighted by Crippen LogP contribution is 2.30. The van der Waals surface area contributed by atoms with Gasteiger partial charge >= 0.3 is 6.18 Å². The highest BCUT2D eigenvalue weighted by atomic mass is 19.4. The van der Waals surface area contributed by atoms with E-state index in [2.05, 4.69) is 10.3 Å². The van der Waals surface area contributed by atoms with Gasteiger partial charge in [-0.25, -0.2) is 0 Å². The fraction of sp³-hybridized carbons (Fsp3) is 0.143. The van der Waals surface area contributed by atoms with E-state index in [1.807, 2.05) is 38.1 Å². The Morgan fingerprint density at radius 1 is 0.963 bits per heavy atom. The van der Waals surface area contributed by atoms with Gasteiger partial charge in [-0.1, -0.05) is 12.1 Å². The van der Waals surface area contributed by atoms with Gasteiger partial charge in [-0.05, 0) is 67.4 Å². The van der Waals surface area contributed by atoms with Crippen LogP contribution in [0.5, 0.6) is 0 Å². The number of hydrogen-bond donors (Lipinski definition) is 1. The van der Waals surface area contributed by atoms with Gasteiger partial charge in [-0.2, -0.15) is 13.2 Å². The number of benzene rings is 2. The molecule has 3 nitrogen and oxygen atoms in total. The largest absolute Gasteiger partial charge is 0.416 e. The molecule has 0 aliphatic heterocycles. The van der Waals surface area contributed by atoms with E-state index < -0.39 is 11.7 Å². The fourth-order valence-electron chi connectivity index (χ4n) is 2.79. The molecule has 1 amide bonds. The normalized spacial score (nSPS) is 11.3. The summed E-state index contributed by atoms with van der Waals surface area (Å²) in [6.45, 7) is 3.77. The molecule has 0 bridgehead atoms. The maximum absolute atomic E-state index is 12.6. The first-order chi connectivity index (χ1) is 12.8. The molecule has 6 heteroatoms. The van der Waals surface area contributed by atoms with Crippen molar-refractivity contribution in [3.05, 3.63) is 83.0 Å². The lowest BCUT2D eigenvalue weighted by Gasteiger charge is -2.11. The summed E-state index contributed by atoms with van der Waals surface area (Å²) >= 11 is 0. The van der Waals surface area contributed by atoms with Crippen molar-refractivity contribution in [2.24, 2.45) is 0 Å². The molecule has 0 fully saturated rings. The molecule has 27 heavy (non-hydrogen) atoms. The Bertz CT molecular complexity index is 979. The van der Waals surface area contributed by atoms with Gasteiger partial charge in [-0.15, -0.1) is 0 Å². The molecule has 0 spiro atoms. The molecule has 3 aromatic rings. The smallest absolute Gasteiger partial charge is 0.322 e. The highest BCUT2D eigenvalue weighted by Gasteiger charge is 2.30. The minimum Gasteiger partial charge on any atom is -0.322 e. The van der Waals surface area contributed by atoms with Crippen molar-refractivity contribution in [3.8, 4) is 11.3 Å². The molecule has 3 rings (SSSR count). The Balaban J connectivity index is 1.80. The number of halogens is 3. The number of carbonyl (C=O) groups is 1. The Hall–Kier alpha value is -3.15. The zero-order valence-corrected chi connectivity index (χ0v) is 14.8. The quantitative estimate of drug-likeness (QED) is 0.649. The number of alkyl halides is 3. The number of pyridine rings is 1. The monoisotopic (exact) mass is 370 g/mol. The van der Waals surface area contributed by atoms with Crippen LogP contribution in [0.4, 0.5) is 18.9 Å². The lowest BCUT2D eigenvalue weighted by molar-refractivity contribution is -0.137. The van der Waals surface area contributed by atoms with Crippen molar-refractivity contribution in [3.63, 3.8) is 0 Å². The Labute approximate surface area is 154 Å². The number of carbonyl (C=O) groups excluding carboxylic acids is 1. The van der Waals surface area contributed by atoms with Crippen LogP contribution < -0.4 is 5.32 Å². The van der Waals surface area contributed by atoms with Gasteiger partial charge in [-0.3, -0.25) is 9.78 Å². The molecule has 0 atom stereocenters. The molecule has 0 radical (unpaired) electrons. The topological polar surface area (TPSA) is 42.0 Å². The van der Waals surface area contributed by atoms with Crippen molar-refractivity contribution in [2.45, 2.75) is 20.0 Å². The van der Waals surface area contributed by atoms with Crippen LogP contribution in [0.1, 0.15) is 27.0 Å². The van der Waals surface area contributed by atoms with Crippen LogP contribution in [0, 0.1) is 13.8 Å². The van der Waals surface area contributed by atoms with Crippen molar-refractivity contribution < 1.29 is 18.0 Å². The summed E-state index contributed by atoms with van der Waals surface area (Å²) in [7, 11) is 0. The number of rotatable bonds is 3. The molecular weight excluding hydrogens is 353 g/mol. The second-order valence-corrected chi connectivity index (χ2v) is 6.23. The van der Waals surface area contributed by atoms with Gasteiger partial charge in [0.05, 0.1) is 11.3 Å². The second-order valence-electron chi connectivity index (χ2n) is 6.23. The van der Waals surface area contributed by atoms with E-state index in [9.17, 15) is 18.0 Å². The molecule has 0 aliphatic carbocycles. The predicted molar refractivity (Wildman–Crippen MR) is 98.5 cm³/mol. The molecule has 138 valence electrons. The van der Waals surface area contributed by atoms with Gasteiger partial charge in [0, 0.05) is 23.0 Å². The number of hydrogen-bond acceptors (Lipinski definition) is 2. The van der Waals surface area contributed by atoms with Crippen molar-refractivity contribution in [2.75, 3.05) is 5.32 Å². The zero-order valence-electron chi connectivity index (χ0n) is 14.8. The molecule has 0 aliphatic rings. The van der Waals surface area contributed by atoms with Crippen LogP contribution in [0.25, 0.3) is 11.3 Å². The highest BCUT2D eigenvalue weighted by molar-refractivity contribution is 6.05. The van der Waals surface area contributed by atoms with Crippen molar-refractivity contribution >= 4 is 11.6 Å². The summed E-state index contributed by atoms with van der Waals surface area (Å²) < 4.78 is 37.8. The molecule has 1 aromatic heterocycles. The zero-order chi connectivity index (χ0) is 19.6. The number of aromatic nitrogens is 1.